The van der Waals surface area contributed by atoms with Crippen LogP contribution < -0.4 is 5.73 Å². The van der Waals surface area contributed by atoms with Crippen LogP contribution in [0.3, 0.4) is 0 Å². The molecule has 1 aromatic rings. The van der Waals surface area contributed by atoms with E-state index in [0.717, 1.165) is 51.6 Å². The molecule has 3 rings (SSSR count). The summed E-state index contributed by atoms with van der Waals surface area (Å²) in [6.07, 6.45) is 7.45. The molecule has 128 valence electrons. The molecule has 23 heavy (non-hydrogen) atoms. The maximum Gasteiger partial charge on any atom is 0.233 e. The molecule has 0 unspecified atom stereocenters. The van der Waals surface area contributed by atoms with Crippen LogP contribution in [0.2, 0.25) is 0 Å². The first-order chi connectivity index (χ1) is 10.6. The Balaban J connectivity index is 0.00000192. The molecule has 1 aromatic carbocycles. The third kappa shape index (κ3) is 3.72. The molecule has 0 radical (unpaired) electrons. The topological polar surface area (TPSA) is 46.3 Å². The molecular formula is C19H29ClN2O. The van der Waals surface area contributed by atoms with Gasteiger partial charge in [-0.3, -0.25) is 4.79 Å². The van der Waals surface area contributed by atoms with Crippen LogP contribution in [0, 0.1) is 6.92 Å². The van der Waals surface area contributed by atoms with E-state index in [-0.39, 0.29) is 23.9 Å². The van der Waals surface area contributed by atoms with Gasteiger partial charge >= 0.3 is 0 Å². The van der Waals surface area contributed by atoms with Crippen molar-refractivity contribution in [1.29, 1.82) is 0 Å². The van der Waals surface area contributed by atoms with E-state index in [9.17, 15) is 4.79 Å². The Morgan fingerprint density at radius 1 is 1.17 bits per heavy atom. The average molecular weight is 337 g/mol. The van der Waals surface area contributed by atoms with Gasteiger partial charge in [-0.2, -0.15) is 0 Å². The fourth-order valence-electron chi connectivity index (χ4n) is 4.13. The maximum absolute atomic E-state index is 13.4. The van der Waals surface area contributed by atoms with Crippen LogP contribution in [0.25, 0.3) is 0 Å². The smallest absolute Gasteiger partial charge is 0.233 e. The van der Waals surface area contributed by atoms with Gasteiger partial charge in [0, 0.05) is 19.1 Å². The number of hydrogen-bond donors (Lipinski definition) is 1. The Morgan fingerprint density at radius 3 is 2.43 bits per heavy atom. The van der Waals surface area contributed by atoms with Crippen LogP contribution in [-0.2, 0) is 10.2 Å². The predicted molar refractivity (Wildman–Crippen MR) is 97.0 cm³/mol. The molecule has 0 bridgehead atoms. The number of piperidine rings is 1. The van der Waals surface area contributed by atoms with Gasteiger partial charge in [0.1, 0.15) is 0 Å². The van der Waals surface area contributed by atoms with E-state index in [1.165, 1.54) is 17.5 Å². The van der Waals surface area contributed by atoms with Gasteiger partial charge in [-0.25, -0.2) is 0 Å². The van der Waals surface area contributed by atoms with E-state index >= 15 is 0 Å². The van der Waals surface area contributed by atoms with Gasteiger partial charge in [0.25, 0.3) is 0 Å². The number of nitrogens with two attached hydrogens (primary N) is 1. The molecular weight excluding hydrogens is 308 g/mol. The van der Waals surface area contributed by atoms with Crippen molar-refractivity contribution in [3.63, 3.8) is 0 Å². The summed E-state index contributed by atoms with van der Waals surface area (Å²) in [5.41, 5.74) is 8.19. The summed E-state index contributed by atoms with van der Waals surface area (Å²) in [5, 5.41) is 0. The SMILES string of the molecule is Cc1cccc(C2(C(=O)N3CCC(N)CC3)CCCCC2)c1.Cl. The summed E-state index contributed by atoms with van der Waals surface area (Å²) in [4.78, 5) is 15.5. The summed E-state index contributed by atoms with van der Waals surface area (Å²) in [5.74, 6) is 0.352. The Kier molecular flexibility index (Phi) is 6.10. The normalized spacial score (nSPS) is 21.6. The molecule has 0 spiro atoms. The molecule has 1 saturated heterocycles. The number of benzene rings is 1. The molecule has 1 aliphatic carbocycles. The first-order valence-corrected chi connectivity index (χ1v) is 8.74. The number of nitrogens with zero attached hydrogens (tertiary/aromatic N) is 1. The molecule has 1 amide bonds. The summed E-state index contributed by atoms with van der Waals surface area (Å²) in [6, 6.07) is 8.86. The van der Waals surface area contributed by atoms with Gasteiger partial charge in [-0.05, 0) is 38.2 Å². The monoisotopic (exact) mass is 336 g/mol. The van der Waals surface area contributed by atoms with Crippen molar-refractivity contribution in [2.45, 2.75) is 63.3 Å². The molecule has 2 fully saturated rings. The highest BCUT2D eigenvalue weighted by Gasteiger charge is 2.43. The van der Waals surface area contributed by atoms with Crippen molar-refractivity contribution < 1.29 is 4.79 Å². The summed E-state index contributed by atoms with van der Waals surface area (Å²) in [6.45, 7) is 3.77. The number of likely N-dealkylation sites (tertiary alicyclic amines) is 1. The largest absolute Gasteiger partial charge is 0.342 e. The van der Waals surface area contributed by atoms with Crippen molar-refractivity contribution in [2.75, 3.05) is 13.1 Å². The fraction of sp³-hybridized carbons (Fsp3) is 0.632. The number of carbonyl (C=O) groups is 1. The summed E-state index contributed by atoms with van der Waals surface area (Å²) < 4.78 is 0. The van der Waals surface area contributed by atoms with Crippen molar-refractivity contribution >= 4 is 18.3 Å². The van der Waals surface area contributed by atoms with Crippen molar-refractivity contribution in [3.8, 4) is 0 Å². The Morgan fingerprint density at radius 2 is 1.83 bits per heavy atom. The lowest BCUT2D eigenvalue weighted by Crippen LogP contribution is -2.52. The van der Waals surface area contributed by atoms with Crippen LogP contribution in [0.4, 0.5) is 0 Å². The van der Waals surface area contributed by atoms with E-state index in [0.29, 0.717) is 5.91 Å². The lowest BCUT2D eigenvalue weighted by atomic mass is 9.68. The zero-order chi connectivity index (χ0) is 15.6. The van der Waals surface area contributed by atoms with Gasteiger partial charge in [-0.1, -0.05) is 49.1 Å². The zero-order valence-corrected chi connectivity index (χ0v) is 14.9. The molecule has 3 nitrogen and oxygen atoms in total. The van der Waals surface area contributed by atoms with E-state index < -0.39 is 0 Å². The first kappa shape index (κ1) is 18.3. The Bertz CT molecular complexity index is 532. The number of amides is 1. The second-order valence-corrected chi connectivity index (χ2v) is 7.14. The highest BCUT2D eigenvalue weighted by atomic mass is 35.5. The molecule has 0 aromatic heterocycles. The van der Waals surface area contributed by atoms with Crippen molar-refractivity contribution in [3.05, 3.63) is 35.4 Å². The highest BCUT2D eigenvalue weighted by Crippen LogP contribution is 2.41. The van der Waals surface area contributed by atoms with Crippen molar-refractivity contribution in [2.24, 2.45) is 5.73 Å². The number of hydrogen-bond acceptors (Lipinski definition) is 2. The standard InChI is InChI=1S/C19H28N2O.ClH/c1-15-6-5-7-16(14-15)19(10-3-2-4-11-19)18(22)21-12-8-17(20)9-13-21;/h5-7,14,17H,2-4,8-13,20H2,1H3;1H. The fourth-order valence-corrected chi connectivity index (χ4v) is 4.13. The number of halogens is 1. The zero-order valence-electron chi connectivity index (χ0n) is 14.1. The molecule has 1 heterocycles. The van der Waals surface area contributed by atoms with Crippen LogP contribution >= 0.6 is 12.4 Å². The van der Waals surface area contributed by atoms with Crippen molar-refractivity contribution in [1.82, 2.24) is 4.90 Å². The molecule has 0 atom stereocenters. The minimum atomic E-state index is -0.286. The van der Waals surface area contributed by atoms with E-state index in [1.807, 2.05) is 0 Å². The number of aryl methyl sites for hydroxylation is 1. The number of carbonyl (C=O) groups excluding carboxylic acids is 1. The second kappa shape index (κ2) is 7.67. The third-order valence-corrected chi connectivity index (χ3v) is 5.51. The lowest BCUT2D eigenvalue weighted by Gasteiger charge is -2.42. The third-order valence-electron chi connectivity index (χ3n) is 5.51. The molecule has 4 heteroatoms. The Labute approximate surface area is 146 Å². The number of rotatable bonds is 2. The molecule has 2 aliphatic rings. The summed E-state index contributed by atoms with van der Waals surface area (Å²) in [7, 11) is 0. The van der Waals surface area contributed by atoms with Gasteiger partial charge in [0.15, 0.2) is 0 Å². The van der Waals surface area contributed by atoms with Gasteiger partial charge in [0.2, 0.25) is 5.91 Å². The van der Waals surface area contributed by atoms with E-state index in [4.69, 9.17) is 5.73 Å². The lowest BCUT2D eigenvalue weighted by molar-refractivity contribution is -0.140. The quantitative estimate of drug-likeness (QED) is 0.897. The van der Waals surface area contributed by atoms with Crippen LogP contribution in [0.5, 0.6) is 0 Å². The van der Waals surface area contributed by atoms with E-state index in [2.05, 4.69) is 36.1 Å². The Hall–Kier alpha value is -1.06. The highest BCUT2D eigenvalue weighted by molar-refractivity contribution is 5.88. The van der Waals surface area contributed by atoms with Crippen LogP contribution in [0.15, 0.2) is 24.3 Å². The first-order valence-electron chi connectivity index (χ1n) is 8.74. The van der Waals surface area contributed by atoms with Gasteiger partial charge < -0.3 is 10.6 Å². The molecule has 2 N–H and O–H groups in total. The van der Waals surface area contributed by atoms with Crippen LogP contribution in [-0.4, -0.2) is 29.9 Å². The van der Waals surface area contributed by atoms with Gasteiger partial charge in [-0.15, -0.1) is 12.4 Å². The minimum absolute atomic E-state index is 0. The molecule has 1 saturated carbocycles. The molecule has 1 aliphatic heterocycles. The predicted octanol–water partition coefficient (Wildman–Crippen LogP) is 3.57. The van der Waals surface area contributed by atoms with Gasteiger partial charge in [0.05, 0.1) is 5.41 Å². The average Bonchev–Trinajstić information content (AvgIpc) is 2.55. The summed E-state index contributed by atoms with van der Waals surface area (Å²) >= 11 is 0. The van der Waals surface area contributed by atoms with Crippen LogP contribution in [0.1, 0.15) is 56.1 Å². The second-order valence-electron chi connectivity index (χ2n) is 7.14. The van der Waals surface area contributed by atoms with E-state index in [1.54, 1.807) is 0 Å². The minimum Gasteiger partial charge on any atom is -0.342 e. The maximum atomic E-state index is 13.4.